The van der Waals surface area contributed by atoms with E-state index in [2.05, 4.69) is 56.8 Å². The van der Waals surface area contributed by atoms with E-state index in [-0.39, 0.29) is 0 Å². The largest absolute Gasteiger partial charge is 0.288 e. The standard InChI is InChI=1S/C19H40N2/c1-6-9-10-11-12-13-14-15-16-17-18-19(20(4)7-2)21(5)8-3/h17-19H,6-16H2,1-5H3. The Hall–Kier alpha value is -0.340. The predicted molar refractivity (Wildman–Crippen MR) is 96.8 cm³/mol. The van der Waals surface area contributed by atoms with Gasteiger partial charge in [0.05, 0.1) is 6.17 Å². The van der Waals surface area contributed by atoms with Crippen molar-refractivity contribution in [1.29, 1.82) is 0 Å². The molecule has 0 N–H and O–H groups in total. The third-order valence-electron chi connectivity index (χ3n) is 4.43. The molecule has 0 radical (unpaired) electrons. The maximum atomic E-state index is 2.40. The Labute approximate surface area is 134 Å². The Morgan fingerprint density at radius 2 is 1.19 bits per heavy atom. The van der Waals surface area contributed by atoms with Crippen LogP contribution in [0.15, 0.2) is 12.2 Å². The summed E-state index contributed by atoms with van der Waals surface area (Å²) in [5, 5.41) is 0. The number of unbranched alkanes of at least 4 members (excludes halogenated alkanes) is 8. The summed E-state index contributed by atoms with van der Waals surface area (Å²) < 4.78 is 0. The Balaban J connectivity index is 3.72. The molecule has 0 spiro atoms. The van der Waals surface area contributed by atoms with Crippen LogP contribution in [0, 0.1) is 0 Å². The second kappa shape index (κ2) is 14.6. The number of hydrogen-bond donors (Lipinski definition) is 0. The third kappa shape index (κ3) is 11.0. The van der Waals surface area contributed by atoms with Gasteiger partial charge in [-0.25, -0.2) is 0 Å². The molecule has 0 amide bonds. The molecule has 0 rings (SSSR count). The fourth-order valence-corrected chi connectivity index (χ4v) is 2.62. The number of rotatable bonds is 14. The molecule has 2 nitrogen and oxygen atoms in total. The maximum absolute atomic E-state index is 2.40. The molecule has 0 aromatic carbocycles. The topological polar surface area (TPSA) is 6.48 Å². The first-order valence-corrected chi connectivity index (χ1v) is 9.24. The van der Waals surface area contributed by atoms with Gasteiger partial charge >= 0.3 is 0 Å². The normalized spacial score (nSPS) is 12.4. The summed E-state index contributed by atoms with van der Waals surface area (Å²) in [5.41, 5.74) is 0. The zero-order chi connectivity index (χ0) is 15.9. The lowest BCUT2D eigenvalue weighted by Gasteiger charge is -2.32. The summed E-state index contributed by atoms with van der Waals surface area (Å²) in [6.45, 7) is 8.92. The molecule has 0 aromatic heterocycles. The number of hydrogen-bond acceptors (Lipinski definition) is 2. The summed E-state index contributed by atoms with van der Waals surface area (Å²) >= 11 is 0. The lowest BCUT2D eigenvalue weighted by atomic mass is 10.1. The van der Waals surface area contributed by atoms with Crippen LogP contribution in [-0.2, 0) is 0 Å². The van der Waals surface area contributed by atoms with Gasteiger partial charge in [0.15, 0.2) is 0 Å². The van der Waals surface area contributed by atoms with Crippen molar-refractivity contribution in [2.75, 3.05) is 27.2 Å². The minimum atomic E-state index is 0.453. The molecule has 126 valence electrons. The molecular weight excluding hydrogens is 256 g/mol. The maximum Gasteiger partial charge on any atom is 0.0809 e. The lowest BCUT2D eigenvalue weighted by Crippen LogP contribution is -2.43. The molecule has 0 aromatic rings. The van der Waals surface area contributed by atoms with Crippen molar-refractivity contribution in [3.05, 3.63) is 12.2 Å². The van der Waals surface area contributed by atoms with Crippen LogP contribution in [0.2, 0.25) is 0 Å². The van der Waals surface area contributed by atoms with Gasteiger partial charge < -0.3 is 0 Å². The van der Waals surface area contributed by atoms with E-state index in [1.165, 1.54) is 57.8 Å². The Kier molecular flexibility index (Phi) is 14.4. The zero-order valence-electron chi connectivity index (χ0n) is 15.4. The first kappa shape index (κ1) is 20.7. The minimum absolute atomic E-state index is 0.453. The first-order valence-electron chi connectivity index (χ1n) is 9.24. The van der Waals surface area contributed by atoms with Crippen molar-refractivity contribution >= 4 is 0 Å². The minimum Gasteiger partial charge on any atom is -0.288 e. The van der Waals surface area contributed by atoms with Crippen molar-refractivity contribution in [3.8, 4) is 0 Å². The van der Waals surface area contributed by atoms with Crippen molar-refractivity contribution in [2.24, 2.45) is 0 Å². The summed E-state index contributed by atoms with van der Waals surface area (Å²) in [5.74, 6) is 0. The molecule has 0 saturated carbocycles. The third-order valence-corrected chi connectivity index (χ3v) is 4.43. The second-order valence-electron chi connectivity index (χ2n) is 6.25. The smallest absolute Gasteiger partial charge is 0.0809 e. The van der Waals surface area contributed by atoms with E-state index in [9.17, 15) is 0 Å². The quantitative estimate of drug-likeness (QED) is 0.244. The molecule has 2 heteroatoms. The Morgan fingerprint density at radius 3 is 1.67 bits per heavy atom. The molecule has 0 atom stereocenters. The highest BCUT2D eigenvalue weighted by molar-refractivity contribution is 4.92. The first-order chi connectivity index (χ1) is 10.2. The SMILES string of the molecule is CCCCCCCCCCC=CC(N(C)CC)N(C)CC. The average Bonchev–Trinajstić information content (AvgIpc) is 2.51. The lowest BCUT2D eigenvalue weighted by molar-refractivity contribution is 0.131. The van der Waals surface area contributed by atoms with Gasteiger partial charge in [0, 0.05) is 0 Å². The van der Waals surface area contributed by atoms with Gasteiger partial charge in [-0.05, 0) is 40.0 Å². The van der Waals surface area contributed by atoms with E-state index >= 15 is 0 Å². The van der Waals surface area contributed by atoms with Crippen LogP contribution in [0.3, 0.4) is 0 Å². The van der Waals surface area contributed by atoms with E-state index in [0.717, 1.165) is 13.1 Å². The number of likely N-dealkylation sites (N-methyl/N-ethyl adjacent to an activating group) is 2. The molecule has 0 fully saturated rings. The highest BCUT2D eigenvalue weighted by atomic mass is 15.3. The molecule has 0 aliphatic rings. The highest BCUT2D eigenvalue weighted by Crippen LogP contribution is 2.10. The molecule has 0 aliphatic carbocycles. The molecule has 0 unspecified atom stereocenters. The van der Waals surface area contributed by atoms with Gasteiger partial charge in [-0.15, -0.1) is 0 Å². The number of allylic oxidation sites excluding steroid dienone is 1. The summed E-state index contributed by atoms with van der Waals surface area (Å²) in [7, 11) is 4.41. The number of nitrogens with zero attached hydrogens (tertiary/aromatic N) is 2. The fraction of sp³-hybridized carbons (Fsp3) is 0.895. The van der Waals surface area contributed by atoms with Crippen LogP contribution in [0.25, 0.3) is 0 Å². The van der Waals surface area contributed by atoms with Crippen LogP contribution in [0.1, 0.15) is 78.6 Å². The van der Waals surface area contributed by atoms with Gasteiger partial charge in [0.1, 0.15) is 0 Å². The monoisotopic (exact) mass is 296 g/mol. The van der Waals surface area contributed by atoms with Crippen LogP contribution in [0.4, 0.5) is 0 Å². The van der Waals surface area contributed by atoms with E-state index in [1.807, 2.05) is 0 Å². The van der Waals surface area contributed by atoms with Crippen molar-refractivity contribution in [1.82, 2.24) is 9.80 Å². The van der Waals surface area contributed by atoms with Crippen molar-refractivity contribution in [2.45, 2.75) is 84.7 Å². The van der Waals surface area contributed by atoms with Crippen molar-refractivity contribution < 1.29 is 0 Å². The molecule has 0 aliphatic heterocycles. The Bertz CT molecular complexity index is 228. The summed E-state index contributed by atoms with van der Waals surface area (Å²) in [6.07, 6.45) is 17.7. The van der Waals surface area contributed by atoms with Gasteiger partial charge in [0.2, 0.25) is 0 Å². The van der Waals surface area contributed by atoms with Crippen molar-refractivity contribution in [3.63, 3.8) is 0 Å². The molecule has 21 heavy (non-hydrogen) atoms. The van der Waals surface area contributed by atoms with Gasteiger partial charge in [-0.2, -0.15) is 0 Å². The zero-order valence-corrected chi connectivity index (χ0v) is 15.4. The summed E-state index contributed by atoms with van der Waals surface area (Å²) in [6, 6.07) is 0. The predicted octanol–water partition coefficient (Wildman–Crippen LogP) is 5.30. The van der Waals surface area contributed by atoms with E-state index in [4.69, 9.17) is 0 Å². The van der Waals surface area contributed by atoms with Crippen LogP contribution < -0.4 is 0 Å². The van der Waals surface area contributed by atoms with Gasteiger partial charge in [-0.3, -0.25) is 9.80 Å². The van der Waals surface area contributed by atoms with E-state index < -0.39 is 0 Å². The van der Waals surface area contributed by atoms with Crippen LogP contribution >= 0.6 is 0 Å². The van der Waals surface area contributed by atoms with E-state index in [0.29, 0.717) is 6.17 Å². The summed E-state index contributed by atoms with van der Waals surface area (Å²) in [4.78, 5) is 4.79. The van der Waals surface area contributed by atoms with Crippen LogP contribution in [-0.4, -0.2) is 43.2 Å². The van der Waals surface area contributed by atoms with Gasteiger partial charge in [-0.1, -0.05) is 77.9 Å². The fourth-order valence-electron chi connectivity index (χ4n) is 2.62. The Morgan fingerprint density at radius 1 is 0.714 bits per heavy atom. The van der Waals surface area contributed by atoms with Gasteiger partial charge in [0.25, 0.3) is 0 Å². The molecule has 0 heterocycles. The molecule has 0 bridgehead atoms. The van der Waals surface area contributed by atoms with Crippen LogP contribution in [0.5, 0.6) is 0 Å². The average molecular weight is 297 g/mol. The molecule has 0 saturated heterocycles. The second-order valence-corrected chi connectivity index (χ2v) is 6.25. The van der Waals surface area contributed by atoms with E-state index in [1.54, 1.807) is 0 Å². The molecular formula is C19H40N2. The highest BCUT2D eigenvalue weighted by Gasteiger charge is 2.13.